The number of methoxy groups -OCH3 is 3. The Morgan fingerprint density at radius 2 is 1.17 bits per heavy atom. The first-order valence-electron chi connectivity index (χ1n) is 10.0. The molecule has 3 aromatic rings. The van der Waals surface area contributed by atoms with E-state index in [-0.39, 0.29) is 33.9 Å². The number of carbonyl (C=O) groups is 4. The molecule has 0 aliphatic rings. The number of ether oxygens (including phenoxy) is 4. The lowest BCUT2D eigenvalue weighted by atomic mass is 10.1. The molecule has 0 saturated heterocycles. The van der Waals surface area contributed by atoms with Gasteiger partial charge in [-0.2, -0.15) is 0 Å². The van der Waals surface area contributed by atoms with Crippen molar-refractivity contribution in [1.29, 1.82) is 0 Å². The predicted octanol–water partition coefficient (Wildman–Crippen LogP) is 4.74. The van der Waals surface area contributed by atoms with E-state index in [1.807, 2.05) is 0 Å². The van der Waals surface area contributed by atoms with Crippen molar-refractivity contribution < 1.29 is 38.1 Å². The van der Waals surface area contributed by atoms with Gasteiger partial charge in [0.1, 0.15) is 5.75 Å². The number of hydrogen-bond acceptors (Lipinski definition) is 8. The standard InChI is InChI=1S/C25H20ClNO8/c1-32-23(29)15-6-9-21(20(13-15)27-22(28)14-4-7-18(26)8-5-14)35-19-11-16(24(30)33-2)10-17(12-19)25(31)34-3/h4-13H,1-3H3,(H,27,28). The van der Waals surface area contributed by atoms with Crippen LogP contribution in [0.3, 0.4) is 0 Å². The Labute approximate surface area is 205 Å². The molecule has 0 unspecified atom stereocenters. The number of nitrogens with one attached hydrogen (secondary N) is 1. The molecule has 0 spiro atoms. The molecule has 0 aromatic heterocycles. The molecule has 10 heteroatoms. The van der Waals surface area contributed by atoms with Gasteiger partial charge >= 0.3 is 17.9 Å². The van der Waals surface area contributed by atoms with Crippen molar-refractivity contribution in [1.82, 2.24) is 0 Å². The molecule has 0 aliphatic carbocycles. The number of rotatable bonds is 7. The second-order valence-corrected chi connectivity index (χ2v) is 7.43. The number of halogens is 1. The molecule has 1 amide bonds. The molecule has 3 rings (SSSR count). The summed E-state index contributed by atoms with van der Waals surface area (Å²) in [4.78, 5) is 49.0. The summed E-state index contributed by atoms with van der Waals surface area (Å²) in [5.41, 5.74) is 0.692. The summed E-state index contributed by atoms with van der Waals surface area (Å²) < 4.78 is 20.1. The SMILES string of the molecule is COC(=O)c1cc(Oc2ccc(C(=O)OC)cc2NC(=O)c2ccc(Cl)cc2)cc(C(=O)OC)c1. The van der Waals surface area contributed by atoms with Gasteiger partial charge in [-0.15, -0.1) is 0 Å². The molecule has 0 fully saturated rings. The highest BCUT2D eigenvalue weighted by Crippen LogP contribution is 2.33. The first-order chi connectivity index (χ1) is 16.7. The molecule has 1 N–H and O–H groups in total. The largest absolute Gasteiger partial charge is 0.465 e. The van der Waals surface area contributed by atoms with E-state index >= 15 is 0 Å². The van der Waals surface area contributed by atoms with Gasteiger partial charge < -0.3 is 24.3 Å². The lowest BCUT2D eigenvalue weighted by molar-refractivity contribution is 0.0587. The van der Waals surface area contributed by atoms with Crippen LogP contribution in [-0.2, 0) is 14.2 Å². The summed E-state index contributed by atoms with van der Waals surface area (Å²) in [6.07, 6.45) is 0. The second-order valence-electron chi connectivity index (χ2n) is 6.99. The molecule has 0 aliphatic heterocycles. The van der Waals surface area contributed by atoms with Gasteiger partial charge in [0.15, 0.2) is 5.75 Å². The zero-order chi connectivity index (χ0) is 25.5. The zero-order valence-corrected chi connectivity index (χ0v) is 19.7. The average molecular weight is 498 g/mol. The summed E-state index contributed by atoms with van der Waals surface area (Å²) in [6.45, 7) is 0. The van der Waals surface area contributed by atoms with E-state index in [9.17, 15) is 19.2 Å². The molecule has 35 heavy (non-hydrogen) atoms. The van der Waals surface area contributed by atoms with Crippen molar-refractivity contribution in [2.45, 2.75) is 0 Å². The monoisotopic (exact) mass is 497 g/mol. The van der Waals surface area contributed by atoms with Gasteiger partial charge in [-0.3, -0.25) is 4.79 Å². The number of benzene rings is 3. The number of anilines is 1. The van der Waals surface area contributed by atoms with Crippen molar-refractivity contribution in [2.75, 3.05) is 26.6 Å². The van der Waals surface area contributed by atoms with Crippen LogP contribution in [0.1, 0.15) is 41.4 Å². The van der Waals surface area contributed by atoms with E-state index in [1.165, 1.54) is 69.9 Å². The maximum Gasteiger partial charge on any atom is 0.338 e. The average Bonchev–Trinajstić information content (AvgIpc) is 2.88. The fourth-order valence-electron chi connectivity index (χ4n) is 3.01. The minimum Gasteiger partial charge on any atom is -0.465 e. The lowest BCUT2D eigenvalue weighted by Crippen LogP contribution is -2.13. The summed E-state index contributed by atoms with van der Waals surface area (Å²) in [5, 5.41) is 3.15. The molecule has 0 bridgehead atoms. The Hall–Kier alpha value is -4.37. The van der Waals surface area contributed by atoms with E-state index in [1.54, 1.807) is 12.1 Å². The Kier molecular flexibility index (Phi) is 8.06. The van der Waals surface area contributed by atoms with Crippen molar-refractivity contribution >= 4 is 41.1 Å². The number of amides is 1. The molecule has 0 saturated carbocycles. The lowest BCUT2D eigenvalue weighted by Gasteiger charge is -2.15. The normalized spacial score (nSPS) is 10.2. The maximum absolute atomic E-state index is 12.8. The highest BCUT2D eigenvalue weighted by atomic mass is 35.5. The summed E-state index contributed by atoms with van der Waals surface area (Å²) >= 11 is 5.89. The van der Waals surface area contributed by atoms with Crippen LogP contribution in [0.25, 0.3) is 0 Å². The second kappa shape index (κ2) is 11.2. The highest BCUT2D eigenvalue weighted by molar-refractivity contribution is 6.30. The molecule has 0 heterocycles. The number of hydrogen-bond donors (Lipinski definition) is 1. The summed E-state index contributed by atoms with van der Waals surface area (Å²) in [6, 6.07) is 14.5. The van der Waals surface area contributed by atoms with Crippen molar-refractivity contribution in [2.24, 2.45) is 0 Å². The van der Waals surface area contributed by atoms with Gasteiger partial charge in [-0.25, -0.2) is 14.4 Å². The van der Waals surface area contributed by atoms with E-state index in [0.29, 0.717) is 10.6 Å². The molecule has 180 valence electrons. The third-order valence-electron chi connectivity index (χ3n) is 4.73. The van der Waals surface area contributed by atoms with Crippen molar-refractivity contribution in [3.8, 4) is 11.5 Å². The van der Waals surface area contributed by atoms with E-state index in [0.717, 1.165) is 0 Å². The molecule has 0 radical (unpaired) electrons. The smallest absolute Gasteiger partial charge is 0.338 e. The van der Waals surface area contributed by atoms with Crippen LogP contribution < -0.4 is 10.1 Å². The van der Waals surface area contributed by atoms with E-state index in [2.05, 4.69) is 5.32 Å². The van der Waals surface area contributed by atoms with E-state index < -0.39 is 23.8 Å². The third kappa shape index (κ3) is 6.15. The number of esters is 3. The maximum atomic E-state index is 12.8. The molecule has 9 nitrogen and oxygen atoms in total. The van der Waals surface area contributed by atoms with Gasteiger partial charge in [0.05, 0.1) is 43.7 Å². The molecule has 0 atom stereocenters. The Morgan fingerprint density at radius 3 is 1.71 bits per heavy atom. The minimum atomic E-state index is -0.696. The van der Waals surface area contributed by atoms with Gasteiger partial charge in [0.25, 0.3) is 5.91 Å². The van der Waals surface area contributed by atoms with E-state index in [4.69, 9.17) is 30.5 Å². The number of carbonyl (C=O) groups excluding carboxylic acids is 4. The van der Waals surface area contributed by atoms with Crippen molar-refractivity contribution in [3.63, 3.8) is 0 Å². The Morgan fingerprint density at radius 1 is 0.657 bits per heavy atom. The molecule has 3 aromatic carbocycles. The van der Waals surface area contributed by atoms with Crippen LogP contribution in [0.5, 0.6) is 11.5 Å². The highest BCUT2D eigenvalue weighted by Gasteiger charge is 2.18. The zero-order valence-electron chi connectivity index (χ0n) is 18.9. The van der Waals surface area contributed by atoms with Crippen LogP contribution in [0.4, 0.5) is 5.69 Å². The fourth-order valence-corrected chi connectivity index (χ4v) is 3.14. The van der Waals surface area contributed by atoms with Crippen LogP contribution in [0, 0.1) is 0 Å². The first kappa shape index (κ1) is 25.3. The Balaban J connectivity index is 2.03. The van der Waals surface area contributed by atoms with Crippen LogP contribution in [0.2, 0.25) is 5.02 Å². The Bertz CT molecular complexity index is 1250. The summed E-state index contributed by atoms with van der Waals surface area (Å²) in [5.74, 6) is -2.30. The van der Waals surface area contributed by atoms with Gasteiger partial charge in [-0.05, 0) is 60.7 Å². The summed E-state index contributed by atoms with van der Waals surface area (Å²) in [7, 11) is 3.62. The van der Waals surface area contributed by atoms with Crippen LogP contribution in [-0.4, -0.2) is 45.1 Å². The first-order valence-corrected chi connectivity index (χ1v) is 10.4. The van der Waals surface area contributed by atoms with Crippen LogP contribution >= 0.6 is 11.6 Å². The van der Waals surface area contributed by atoms with Gasteiger partial charge in [0.2, 0.25) is 0 Å². The van der Waals surface area contributed by atoms with Crippen LogP contribution in [0.15, 0.2) is 60.7 Å². The topological polar surface area (TPSA) is 117 Å². The predicted molar refractivity (Wildman–Crippen MR) is 126 cm³/mol. The molecular formula is C25H20ClNO8. The molecular weight excluding hydrogens is 478 g/mol. The van der Waals surface area contributed by atoms with Crippen molar-refractivity contribution in [3.05, 3.63) is 87.9 Å². The fraction of sp³-hybridized carbons (Fsp3) is 0.120. The quantitative estimate of drug-likeness (QED) is 0.367. The van der Waals surface area contributed by atoms with Gasteiger partial charge in [0, 0.05) is 10.6 Å². The minimum absolute atomic E-state index is 0.0448. The third-order valence-corrected chi connectivity index (χ3v) is 4.98. The van der Waals surface area contributed by atoms with Gasteiger partial charge in [-0.1, -0.05) is 11.6 Å².